The molecular weight excluding hydrogens is 244 g/mol. The van der Waals surface area contributed by atoms with Crippen molar-refractivity contribution in [1.29, 1.82) is 0 Å². The number of anilines is 1. The van der Waals surface area contributed by atoms with Gasteiger partial charge in [-0.05, 0) is 25.7 Å². The molecule has 1 aromatic heterocycles. The Labute approximate surface area is 111 Å². The highest BCUT2D eigenvalue weighted by Crippen LogP contribution is 2.32. The van der Waals surface area contributed by atoms with Crippen molar-refractivity contribution in [2.24, 2.45) is 11.8 Å². The Morgan fingerprint density at radius 1 is 1.21 bits per heavy atom. The zero-order chi connectivity index (χ0) is 13.2. The molecule has 19 heavy (non-hydrogen) atoms. The summed E-state index contributed by atoms with van der Waals surface area (Å²) in [7, 11) is 0. The van der Waals surface area contributed by atoms with E-state index < -0.39 is 0 Å². The summed E-state index contributed by atoms with van der Waals surface area (Å²) >= 11 is 0. The number of H-pyrrole nitrogens is 1. The third-order valence-electron chi connectivity index (χ3n) is 3.86. The molecule has 2 heterocycles. The van der Waals surface area contributed by atoms with Gasteiger partial charge in [0.15, 0.2) is 0 Å². The number of amides is 2. The lowest BCUT2D eigenvalue weighted by atomic mass is 9.95. The largest absolute Gasteiger partial charge is 0.342 e. The molecule has 0 bridgehead atoms. The number of rotatable bonds is 3. The predicted molar refractivity (Wildman–Crippen MR) is 69.2 cm³/mol. The van der Waals surface area contributed by atoms with Crippen LogP contribution in [0.5, 0.6) is 0 Å². The Bertz CT molecular complexity index is 459. The second-order valence-corrected chi connectivity index (χ2v) is 5.33. The van der Waals surface area contributed by atoms with Crippen LogP contribution in [0.1, 0.15) is 25.7 Å². The number of likely N-dealkylation sites (tertiary alicyclic amines) is 1. The summed E-state index contributed by atoms with van der Waals surface area (Å²) < 4.78 is 0. The highest BCUT2D eigenvalue weighted by molar-refractivity contribution is 5.91. The summed E-state index contributed by atoms with van der Waals surface area (Å²) in [5, 5.41) is 9.31. The Morgan fingerprint density at radius 3 is 2.53 bits per heavy atom. The highest BCUT2D eigenvalue weighted by Gasteiger charge is 2.35. The van der Waals surface area contributed by atoms with Crippen molar-refractivity contribution in [3.8, 4) is 0 Å². The summed E-state index contributed by atoms with van der Waals surface area (Å²) in [4.78, 5) is 25.8. The molecule has 1 aliphatic carbocycles. The maximum atomic E-state index is 12.0. The Hall–Kier alpha value is -1.85. The lowest BCUT2D eigenvalue weighted by Crippen LogP contribution is -2.42. The van der Waals surface area contributed by atoms with E-state index in [1.807, 2.05) is 4.90 Å². The van der Waals surface area contributed by atoms with Crippen molar-refractivity contribution < 1.29 is 9.59 Å². The lowest BCUT2D eigenvalue weighted by Gasteiger charge is -2.31. The molecule has 1 aliphatic heterocycles. The van der Waals surface area contributed by atoms with Crippen LogP contribution in [0.15, 0.2) is 12.3 Å². The number of hydrogen-bond donors (Lipinski definition) is 2. The van der Waals surface area contributed by atoms with E-state index in [1.165, 1.54) is 0 Å². The van der Waals surface area contributed by atoms with Gasteiger partial charge in [0.1, 0.15) is 5.82 Å². The number of aromatic amines is 1. The van der Waals surface area contributed by atoms with Crippen LogP contribution < -0.4 is 5.32 Å². The number of carbonyl (C=O) groups excluding carboxylic acids is 2. The van der Waals surface area contributed by atoms with Crippen LogP contribution in [0.2, 0.25) is 0 Å². The van der Waals surface area contributed by atoms with Crippen LogP contribution in [-0.4, -0.2) is 40.0 Å². The van der Waals surface area contributed by atoms with E-state index in [-0.39, 0.29) is 23.7 Å². The molecule has 1 saturated carbocycles. The van der Waals surface area contributed by atoms with Crippen LogP contribution in [0.25, 0.3) is 0 Å². The first kappa shape index (κ1) is 12.2. The minimum atomic E-state index is -0.00782. The summed E-state index contributed by atoms with van der Waals surface area (Å²) in [6, 6.07) is 1.73. The fraction of sp³-hybridized carbons (Fsp3) is 0.615. The summed E-state index contributed by atoms with van der Waals surface area (Å²) in [5.74, 6) is 1.19. The van der Waals surface area contributed by atoms with Gasteiger partial charge >= 0.3 is 0 Å². The smallest absolute Gasteiger partial charge is 0.228 e. The molecule has 2 N–H and O–H groups in total. The number of aromatic nitrogens is 2. The van der Waals surface area contributed by atoms with E-state index in [1.54, 1.807) is 12.3 Å². The van der Waals surface area contributed by atoms with Gasteiger partial charge in [-0.25, -0.2) is 0 Å². The fourth-order valence-corrected chi connectivity index (χ4v) is 2.51. The second kappa shape index (κ2) is 5.03. The number of nitrogens with one attached hydrogen (secondary N) is 2. The van der Waals surface area contributed by atoms with Crippen molar-refractivity contribution in [2.45, 2.75) is 25.7 Å². The van der Waals surface area contributed by atoms with E-state index in [0.29, 0.717) is 18.9 Å². The van der Waals surface area contributed by atoms with Gasteiger partial charge in [-0.1, -0.05) is 0 Å². The number of carbonyl (C=O) groups is 2. The molecule has 102 valence electrons. The average Bonchev–Trinajstić information content (AvgIpc) is 3.17. The van der Waals surface area contributed by atoms with E-state index in [0.717, 1.165) is 25.7 Å². The minimum absolute atomic E-state index is 0.00782. The number of nitrogens with zero attached hydrogens (tertiary/aromatic N) is 2. The molecule has 6 heteroatoms. The maximum Gasteiger partial charge on any atom is 0.228 e. The third kappa shape index (κ3) is 2.77. The lowest BCUT2D eigenvalue weighted by molar-refractivity contribution is -0.135. The van der Waals surface area contributed by atoms with Crippen molar-refractivity contribution >= 4 is 17.6 Å². The normalized spacial score (nSPS) is 20.3. The summed E-state index contributed by atoms with van der Waals surface area (Å²) in [6.07, 6.45) is 5.18. The van der Waals surface area contributed by atoms with E-state index >= 15 is 0 Å². The van der Waals surface area contributed by atoms with Crippen molar-refractivity contribution in [2.75, 3.05) is 18.4 Å². The maximum absolute atomic E-state index is 12.0. The van der Waals surface area contributed by atoms with Crippen molar-refractivity contribution in [3.05, 3.63) is 12.3 Å². The Morgan fingerprint density at radius 2 is 1.95 bits per heavy atom. The molecule has 2 fully saturated rings. The standard InChI is InChI=1S/C13H18N4O2/c18-12(15-11-3-6-14-16-11)9-4-7-17(8-5-9)13(19)10-1-2-10/h3,6,9-10H,1-2,4-5,7-8H2,(H2,14,15,16,18). The Kier molecular flexibility index (Phi) is 3.23. The molecule has 0 aromatic carbocycles. The van der Waals surface area contributed by atoms with E-state index in [2.05, 4.69) is 15.5 Å². The zero-order valence-electron chi connectivity index (χ0n) is 10.8. The number of piperidine rings is 1. The fourth-order valence-electron chi connectivity index (χ4n) is 2.51. The number of hydrogen-bond acceptors (Lipinski definition) is 3. The van der Waals surface area contributed by atoms with Gasteiger partial charge in [-0.3, -0.25) is 14.7 Å². The van der Waals surface area contributed by atoms with Gasteiger partial charge < -0.3 is 10.2 Å². The molecule has 0 spiro atoms. The summed E-state index contributed by atoms with van der Waals surface area (Å²) in [6.45, 7) is 1.41. The molecule has 3 rings (SSSR count). The van der Waals surface area contributed by atoms with Gasteiger partial charge in [0.2, 0.25) is 11.8 Å². The van der Waals surface area contributed by atoms with Crippen LogP contribution in [0, 0.1) is 11.8 Å². The molecule has 0 unspecified atom stereocenters. The van der Waals surface area contributed by atoms with Crippen LogP contribution in [0.3, 0.4) is 0 Å². The Balaban J connectivity index is 1.49. The topological polar surface area (TPSA) is 78.1 Å². The first-order valence-electron chi connectivity index (χ1n) is 6.83. The SMILES string of the molecule is O=C(Nc1ccn[nH]1)C1CCN(C(=O)C2CC2)CC1. The zero-order valence-corrected chi connectivity index (χ0v) is 10.8. The van der Waals surface area contributed by atoms with Gasteiger partial charge in [-0.15, -0.1) is 0 Å². The quantitative estimate of drug-likeness (QED) is 0.853. The van der Waals surface area contributed by atoms with Crippen molar-refractivity contribution in [1.82, 2.24) is 15.1 Å². The predicted octanol–water partition coefficient (Wildman–Crippen LogP) is 0.997. The molecule has 2 aliphatic rings. The van der Waals surface area contributed by atoms with E-state index in [9.17, 15) is 9.59 Å². The minimum Gasteiger partial charge on any atom is -0.342 e. The first-order valence-corrected chi connectivity index (χ1v) is 6.83. The molecule has 2 amide bonds. The van der Waals surface area contributed by atoms with Crippen LogP contribution in [0.4, 0.5) is 5.82 Å². The average molecular weight is 262 g/mol. The van der Waals surface area contributed by atoms with Gasteiger partial charge in [0, 0.05) is 31.0 Å². The molecule has 0 radical (unpaired) electrons. The molecular formula is C13H18N4O2. The van der Waals surface area contributed by atoms with Gasteiger partial charge in [0.05, 0.1) is 6.20 Å². The summed E-state index contributed by atoms with van der Waals surface area (Å²) in [5.41, 5.74) is 0. The van der Waals surface area contributed by atoms with Gasteiger partial charge in [-0.2, -0.15) is 5.10 Å². The third-order valence-corrected chi connectivity index (χ3v) is 3.86. The van der Waals surface area contributed by atoms with Crippen molar-refractivity contribution in [3.63, 3.8) is 0 Å². The van der Waals surface area contributed by atoms with Gasteiger partial charge in [0.25, 0.3) is 0 Å². The first-order chi connectivity index (χ1) is 9.24. The molecule has 1 aromatic rings. The second-order valence-electron chi connectivity index (χ2n) is 5.33. The van der Waals surface area contributed by atoms with Crippen LogP contribution >= 0.6 is 0 Å². The molecule has 6 nitrogen and oxygen atoms in total. The van der Waals surface area contributed by atoms with E-state index in [4.69, 9.17) is 0 Å². The molecule has 0 atom stereocenters. The highest BCUT2D eigenvalue weighted by atomic mass is 16.2. The van der Waals surface area contributed by atoms with Crippen LogP contribution in [-0.2, 0) is 9.59 Å². The monoisotopic (exact) mass is 262 g/mol. The molecule has 1 saturated heterocycles.